The van der Waals surface area contributed by atoms with Gasteiger partial charge in [0.2, 0.25) is 0 Å². The molecule has 0 unspecified atom stereocenters. The lowest BCUT2D eigenvalue weighted by Crippen LogP contribution is -2.53. The molecule has 5 atom stereocenters. The fourth-order valence-corrected chi connectivity index (χ4v) is 5.33. The highest BCUT2D eigenvalue weighted by Gasteiger charge is 2.45. The molecule has 0 bridgehead atoms. The summed E-state index contributed by atoms with van der Waals surface area (Å²) in [7, 11) is 0. The summed E-state index contributed by atoms with van der Waals surface area (Å²) >= 11 is 0. The van der Waals surface area contributed by atoms with E-state index in [1.807, 2.05) is 109 Å². The predicted molar refractivity (Wildman–Crippen MR) is 159 cm³/mol. The molecule has 2 N–H and O–H groups in total. The van der Waals surface area contributed by atoms with Crippen molar-refractivity contribution in [3.8, 4) is 0 Å². The van der Waals surface area contributed by atoms with Crippen LogP contribution in [-0.4, -0.2) is 58.7 Å². The van der Waals surface area contributed by atoms with E-state index in [-0.39, 0.29) is 19.2 Å². The van der Waals surface area contributed by atoms with Crippen molar-refractivity contribution in [2.45, 2.75) is 56.8 Å². The van der Waals surface area contributed by atoms with Gasteiger partial charge in [-0.05, 0) is 22.3 Å². The third kappa shape index (κ3) is 8.33. The Morgan fingerprint density at radius 1 is 0.561 bits per heavy atom. The molecule has 214 valence electrons. The zero-order chi connectivity index (χ0) is 28.3. The topological polar surface area (TPSA) is 71.4 Å². The number of ether oxygens (including phenoxy) is 3. The van der Waals surface area contributed by atoms with E-state index in [0.717, 1.165) is 22.3 Å². The van der Waals surface area contributed by atoms with E-state index < -0.39 is 24.4 Å². The molecule has 0 amide bonds. The molecule has 0 spiro atoms. The van der Waals surface area contributed by atoms with Crippen LogP contribution in [0.25, 0.3) is 0 Å². The predicted octanol–water partition coefficient (Wildman–Crippen LogP) is 4.98. The zero-order valence-corrected chi connectivity index (χ0v) is 23.2. The Hall–Kier alpha value is -3.36. The number of likely N-dealkylation sites (tertiary alicyclic amines) is 1. The number of nitrogens with zero attached hydrogens (tertiary/aromatic N) is 1. The molecule has 0 aliphatic carbocycles. The molecular weight excluding hydrogens is 514 g/mol. The third-order valence-corrected chi connectivity index (χ3v) is 7.52. The van der Waals surface area contributed by atoms with Gasteiger partial charge in [-0.15, -0.1) is 0 Å². The molecule has 1 aliphatic rings. The van der Waals surface area contributed by atoms with Gasteiger partial charge in [-0.3, -0.25) is 4.90 Å². The molecule has 41 heavy (non-hydrogen) atoms. The van der Waals surface area contributed by atoms with E-state index in [4.69, 9.17) is 14.2 Å². The zero-order valence-electron chi connectivity index (χ0n) is 23.2. The Balaban J connectivity index is 1.44. The summed E-state index contributed by atoms with van der Waals surface area (Å²) in [6, 6.07) is 39.7. The first-order valence-electron chi connectivity index (χ1n) is 14.2. The maximum absolute atomic E-state index is 11.4. The molecule has 0 radical (unpaired) electrons. The monoisotopic (exact) mass is 553 g/mol. The summed E-state index contributed by atoms with van der Waals surface area (Å²) in [6.07, 6.45) is -3.52. The molecule has 1 aliphatic heterocycles. The summed E-state index contributed by atoms with van der Waals surface area (Å²) < 4.78 is 19.3. The lowest BCUT2D eigenvalue weighted by Gasteiger charge is -2.37. The largest absolute Gasteiger partial charge is 0.389 e. The van der Waals surface area contributed by atoms with Gasteiger partial charge < -0.3 is 24.4 Å². The van der Waals surface area contributed by atoms with Crippen molar-refractivity contribution in [2.75, 3.05) is 13.2 Å². The standard InChI is InChI=1S/C35H39NO5/c37-32-22-36(21-27-13-5-1-6-14-27)31(26-39-23-28-15-7-2-8-16-28)34(40-24-29-17-9-3-10-18-29)35(33(32)38)41-25-30-19-11-4-12-20-30/h1-20,31-35,37-38H,21-26H2/t31-,32+,33+,34+,35-/m1/s1. The molecule has 6 nitrogen and oxygen atoms in total. The van der Waals surface area contributed by atoms with Gasteiger partial charge in [-0.25, -0.2) is 0 Å². The molecule has 5 rings (SSSR count). The van der Waals surface area contributed by atoms with E-state index in [2.05, 4.69) is 17.0 Å². The SMILES string of the molecule is O[C@@H]1[C@@H](OCc2ccccc2)[C@@H](OCc2ccccc2)[C@@H](COCc2ccccc2)N(Cc2ccccc2)C[C@@H]1O. The van der Waals surface area contributed by atoms with Gasteiger partial charge in [0.15, 0.2) is 0 Å². The molecule has 0 saturated carbocycles. The fourth-order valence-electron chi connectivity index (χ4n) is 5.33. The van der Waals surface area contributed by atoms with Crippen molar-refractivity contribution in [1.82, 2.24) is 4.90 Å². The van der Waals surface area contributed by atoms with Gasteiger partial charge in [-0.2, -0.15) is 0 Å². The van der Waals surface area contributed by atoms with Crippen LogP contribution in [0, 0.1) is 0 Å². The Kier molecular flexibility index (Phi) is 10.7. The molecule has 1 saturated heterocycles. The van der Waals surface area contributed by atoms with Crippen LogP contribution >= 0.6 is 0 Å². The van der Waals surface area contributed by atoms with Crippen molar-refractivity contribution in [1.29, 1.82) is 0 Å². The average molecular weight is 554 g/mol. The van der Waals surface area contributed by atoms with Crippen LogP contribution in [0.15, 0.2) is 121 Å². The molecule has 4 aromatic rings. The number of aliphatic hydroxyl groups is 2. The van der Waals surface area contributed by atoms with Crippen LogP contribution in [0.2, 0.25) is 0 Å². The van der Waals surface area contributed by atoms with Crippen molar-refractivity contribution in [2.24, 2.45) is 0 Å². The van der Waals surface area contributed by atoms with Crippen molar-refractivity contribution >= 4 is 0 Å². The maximum atomic E-state index is 11.4. The third-order valence-electron chi connectivity index (χ3n) is 7.52. The summed E-state index contributed by atoms with van der Waals surface area (Å²) in [5, 5.41) is 22.7. The quantitative estimate of drug-likeness (QED) is 0.258. The molecule has 1 heterocycles. The Morgan fingerprint density at radius 3 is 1.51 bits per heavy atom. The average Bonchev–Trinajstić information content (AvgIpc) is 3.11. The number of aliphatic hydroxyl groups excluding tert-OH is 2. The second kappa shape index (κ2) is 15.0. The van der Waals surface area contributed by atoms with Crippen LogP contribution in [0.4, 0.5) is 0 Å². The van der Waals surface area contributed by atoms with Gasteiger partial charge in [0.25, 0.3) is 0 Å². The maximum Gasteiger partial charge on any atom is 0.114 e. The Bertz CT molecular complexity index is 1280. The first kappa shape index (κ1) is 29.1. The summed E-state index contributed by atoms with van der Waals surface area (Å²) in [6.45, 7) is 2.24. The highest BCUT2D eigenvalue weighted by molar-refractivity contribution is 5.17. The Labute approximate surface area is 242 Å². The normalized spacial score (nSPS) is 23.2. The number of hydrogen-bond acceptors (Lipinski definition) is 6. The van der Waals surface area contributed by atoms with E-state index in [0.29, 0.717) is 26.4 Å². The van der Waals surface area contributed by atoms with Crippen LogP contribution in [-0.2, 0) is 40.6 Å². The van der Waals surface area contributed by atoms with Crippen LogP contribution < -0.4 is 0 Å². The van der Waals surface area contributed by atoms with Gasteiger partial charge in [0, 0.05) is 13.1 Å². The molecule has 1 fully saturated rings. The van der Waals surface area contributed by atoms with Gasteiger partial charge in [-0.1, -0.05) is 121 Å². The highest BCUT2D eigenvalue weighted by Crippen LogP contribution is 2.28. The Morgan fingerprint density at radius 2 is 1.00 bits per heavy atom. The van der Waals surface area contributed by atoms with E-state index in [1.165, 1.54) is 0 Å². The van der Waals surface area contributed by atoms with E-state index in [1.54, 1.807) is 0 Å². The number of rotatable bonds is 12. The van der Waals surface area contributed by atoms with Crippen molar-refractivity contribution < 1.29 is 24.4 Å². The molecule has 0 aromatic heterocycles. The minimum atomic E-state index is -1.14. The van der Waals surface area contributed by atoms with Crippen molar-refractivity contribution in [3.05, 3.63) is 144 Å². The van der Waals surface area contributed by atoms with Crippen LogP contribution in [0.5, 0.6) is 0 Å². The first-order chi connectivity index (χ1) is 20.2. The number of β-amino-alcohol motifs (C(OH)–C–C–N with tert-alkyl or cyclic N) is 1. The summed E-state index contributed by atoms with van der Waals surface area (Å²) in [5.41, 5.74) is 4.19. The minimum absolute atomic E-state index is 0.256. The first-order valence-corrected chi connectivity index (χ1v) is 14.2. The van der Waals surface area contributed by atoms with Gasteiger partial charge >= 0.3 is 0 Å². The van der Waals surface area contributed by atoms with E-state index >= 15 is 0 Å². The lowest BCUT2D eigenvalue weighted by atomic mass is 9.99. The van der Waals surface area contributed by atoms with Gasteiger partial charge in [0.1, 0.15) is 18.3 Å². The number of benzene rings is 4. The minimum Gasteiger partial charge on any atom is -0.389 e. The van der Waals surface area contributed by atoms with Gasteiger partial charge in [0.05, 0.1) is 38.6 Å². The fraction of sp³-hybridized carbons (Fsp3) is 0.314. The summed E-state index contributed by atoms with van der Waals surface area (Å²) in [4.78, 5) is 2.16. The van der Waals surface area contributed by atoms with E-state index in [9.17, 15) is 10.2 Å². The van der Waals surface area contributed by atoms with Crippen LogP contribution in [0.3, 0.4) is 0 Å². The second-order valence-electron chi connectivity index (χ2n) is 10.6. The molecule has 4 aromatic carbocycles. The highest BCUT2D eigenvalue weighted by atomic mass is 16.6. The number of hydrogen-bond donors (Lipinski definition) is 2. The molecule has 6 heteroatoms. The van der Waals surface area contributed by atoms with Crippen molar-refractivity contribution in [3.63, 3.8) is 0 Å². The second-order valence-corrected chi connectivity index (χ2v) is 10.6. The lowest BCUT2D eigenvalue weighted by molar-refractivity contribution is -0.161. The summed E-state index contributed by atoms with van der Waals surface area (Å²) in [5.74, 6) is 0. The molecular formula is C35H39NO5. The smallest absolute Gasteiger partial charge is 0.114 e. The van der Waals surface area contributed by atoms with Crippen LogP contribution in [0.1, 0.15) is 22.3 Å².